The van der Waals surface area contributed by atoms with Crippen LogP contribution < -0.4 is 0 Å². The topological polar surface area (TPSA) is 26.0 Å². The van der Waals surface area contributed by atoms with Crippen LogP contribution in [0.25, 0.3) is 11.4 Å². The van der Waals surface area contributed by atoms with Crippen LogP contribution in [0, 0.1) is 10.7 Å². The van der Waals surface area contributed by atoms with Crippen LogP contribution in [0.3, 0.4) is 0 Å². The van der Waals surface area contributed by atoms with Crippen LogP contribution in [0.15, 0.2) is 30.3 Å². The fourth-order valence-corrected chi connectivity index (χ4v) is 4.68. The number of rotatable bonds is 3. The van der Waals surface area contributed by atoms with Crippen molar-refractivity contribution in [1.82, 2.24) is 19.2 Å². The van der Waals surface area contributed by atoms with Crippen molar-refractivity contribution in [2.45, 2.75) is 51.2 Å². The van der Waals surface area contributed by atoms with Crippen LogP contribution in [-0.2, 0) is 13.7 Å². The van der Waals surface area contributed by atoms with Gasteiger partial charge in [0.15, 0.2) is 10.6 Å². The maximum absolute atomic E-state index is 5.67. The van der Waals surface area contributed by atoms with Crippen molar-refractivity contribution in [2.24, 2.45) is 13.0 Å². The van der Waals surface area contributed by atoms with E-state index in [1.54, 1.807) is 0 Å². The second kappa shape index (κ2) is 6.81. The lowest BCUT2D eigenvalue weighted by Crippen LogP contribution is -2.47. The Bertz CT molecular complexity index is 746. The number of likely N-dealkylation sites (tertiary alicyclic amines) is 1. The van der Waals surface area contributed by atoms with Crippen molar-refractivity contribution < 1.29 is 0 Å². The van der Waals surface area contributed by atoms with Gasteiger partial charge in [-0.2, -0.15) is 5.10 Å². The SMILES string of the molecule is Cn1c(-c2ccccc2)nn(CN2CCC[C@H]3CCCC[C@@H]32)c1=S. The van der Waals surface area contributed by atoms with Gasteiger partial charge in [-0.3, -0.25) is 4.90 Å². The molecule has 1 aliphatic carbocycles. The third-order valence-electron chi connectivity index (χ3n) is 5.75. The second-order valence-corrected chi connectivity index (χ2v) is 7.60. The Kier molecular flexibility index (Phi) is 4.55. The van der Waals surface area contributed by atoms with Gasteiger partial charge in [-0.05, 0) is 43.8 Å². The van der Waals surface area contributed by atoms with Crippen molar-refractivity contribution in [3.8, 4) is 11.4 Å². The first-order valence-electron chi connectivity index (χ1n) is 9.17. The Balaban J connectivity index is 1.60. The molecule has 1 saturated heterocycles. The minimum absolute atomic E-state index is 0.733. The lowest BCUT2D eigenvalue weighted by molar-refractivity contribution is 0.0323. The normalized spacial score (nSPS) is 24.7. The quantitative estimate of drug-likeness (QED) is 0.781. The van der Waals surface area contributed by atoms with E-state index >= 15 is 0 Å². The third kappa shape index (κ3) is 2.95. The standard InChI is InChI=1S/C19H26N4S/c1-21-18(16-9-3-2-4-10-16)20-23(19(21)24)14-22-13-7-11-15-8-5-6-12-17(15)22/h2-4,9-10,15,17H,5-8,11-14H2,1H3/t15-,17+/m1/s1. The Morgan fingerprint density at radius 1 is 1.08 bits per heavy atom. The summed E-state index contributed by atoms with van der Waals surface area (Å²) in [6.45, 7) is 2.01. The second-order valence-electron chi connectivity index (χ2n) is 7.24. The zero-order valence-electron chi connectivity index (χ0n) is 14.4. The zero-order valence-corrected chi connectivity index (χ0v) is 15.2. The van der Waals surface area contributed by atoms with E-state index in [0.717, 1.165) is 34.8 Å². The summed E-state index contributed by atoms with van der Waals surface area (Å²) in [5, 5.41) is 4.85. The van der Waals surface area contributed by atoms with Crippen LogP contribution in [0.2, 0.25) is 0 Å². The highest BCUT2D eigenvalue weighted by Gasteiger charge is 2.33. The molecular formula is C19H26N4S. The van der Waals surface area contributed by atoms with Gasteiger partial charge in [-0.15, -0.1) is 0 Å². The number of benzene rings is 1. The molecular weight excluding hydrogens is 316 g/mol. The third-order valence-corrected chi connectivity index (χ3v) is 6.23. The molecule has 0 unspecified atom stereocenters. The predicted molar refractivity (Wildman–Crippen MR) is 99.2 cm³/mol. The number of piperidine rings is 1. The maximum atomic E-state index is 5.67. The largest absolute Gasteiger partial charge is 0.303 e. The smallest absolute Gasteiger partial charge is 0.199 e. The van der Waals surface area contributed by atoms with E-state index in [9.17, 15) is 0 Å². The van der Waals surface area contributed by atoms with E-state index in [1.165, 1.54) is 45.1 Å². The van der Waals surface area contributed by atoms with E-state index in [1.807, 2.05) is 22.4 Å². The van der Waals surface area contributed by atoms with Crippen molar-refractivity contribution >= 4 is 12.2 Å². The van der Waals surface area contributed by atoms with Crippen LogP contribution >= 0.6 is 12.2 Å². The summed E-state index contributed by atoms with van der Waals surface area (Å²) in [4.78, 5) is 2.63. The van der Waals surface area contributed by atoms with Crippen LogP contribution in [0.4, 0.5) is 0 Å². The number of nitrogens with zero attached hydrogens (tertiary/aromatic N) is 4. The fourth-order valence-electron chi connectivity index (χ4n) is 4.49. The molecule has 0 N–H and O–H groups in total. The van der Waals surface area contributed by atoms with E-state index in [2.05, 4.69) is 29.2 Å². The molecule has 0 bridgehead atoms. The van der Waals surface area contributed by atoms with Crippen LogP contribution in [0.1, 0.15) is 38.5 Å². The molecule has 2 fully saturated rings. The summed E-state index contributed by atoms with van der Waals surface area (Å²) in [6, 6.07) is 11.1. The highest BCUT2D eigenvalue weighted by atomic mass is 32.1. The van der Waals surface area contributed by atoms with E-state index in [4.69, 9.17) is 17.3 Å². The Labute approximate surface area is 149 Å². The molecule has 1 saturated carbocycles. The molecule has 1 aromatic heterocycles. The monoisotopic (exact) mass is 342 g/mol. The van der Waals surface area contributed by atoms with E-state index < -0.39 is 0 Å². The molecule has 128 valence electrons. The van der Waals surface area contributed by atoms with Gasteiger partial charge in [-0.25, -0.2) is 4.68 Å². The molecule has 4 nitrogen and oxygen atoms in total. The van der Waals surface area contributed by atoms with E-state index in [0.29, 0.717) is 0 Å². The number of hydrogen-bond acceptors (Lipinski definition) is 3. The van der Waals surface area contributed by atoms with Crippen LogP contribution in [0.5, 0.6) is 0 Å². The molecule has 0 radical (unpaired) electrons. The zero-order chi connectivity index (χ0) is 16.5. The molecule has 2 aliphatic rings. The minimum Gasteiger partial charge on any atom is -0.303 e. The first-order chi connectivity index (χ1) is 11.7. The van der Waals surface area contributed by atoms with Crippen molar-refractivity contribution in [3.05, 3.63) is 35.1 Å². The first-order valence-corrected chi connectivity index (χ1v) is 9.58. The molecule has 1 aliphatic heterocycles. The molecule has 2 heterocycles. The van der Waals surface area contributed by atoms with Gasteiger partial charge in [0.25, 0.3) is 0 Å². The Morgan fingerprint density at radius 3 is 2.67 bits per heavy atom. The van der Waals surface area contributed by atoms with Crippen LogP contribution in [-0.4, -0.2) is 31.8 Å². The molecule has 1 aromatic carbocycles. The molecule has 0 amide bonds. The average molecular weight is 343 g/mol. The number of aromatic nitrogens is 3. The van der Waals surface area contributed by atoms with Gasteiger partial charge in [-0.1, -0.05) is 43.2 Å². The molecule has 2 aromatic rings. The first kappa shape index (κ1) is 16.0. The lowest BCUT2D eigenvalue weighted by atomic mass is 9.78. The Morgan fingerprint density at radius 2 is 1.83 bits per heavy atom. The van der Waals surface area contributed by atoms with Gasteiger partial charge < -0.3 is 4.57 Å². The van der Waals surface area contributed by atoms with Crippen molar-refractivity contribution in [2.75, 3.05) is 6.54 Å². The molecule has 24 heavy (non-hydrogen) atoms. The number of hydrogen-bond donors (Lipinski definition) is 0. The maximum Gasteiger partial charge on any atom is 0.199 e. The summed E-state index contributed by atoms with van der Waals surface area (Å²) in [5.74, 6) is 1.84. The van der Waals surface area contributed by atoms with E-state index in [-0.39, 0.29) is 0 Å². The van der Waals surface area contributed by atoms with Gasteiger partial charge >= 0.3 is 0 Å². The average Bonchev–Trinajstić information content (AvgIpc) is 2.91. The molecule has 0 spiro atoms. The van der Waals surface area contributed by atoms with Gasteiger partial charge in [0.2, 0.25) is 0 Å². The van der Waals surface area contributed by atoms with Gasteiger partial charge in [0.1, 0.15) is 0 Å². The fraction of sp³-hybridized carbons (Fsp3) is 0.579. The van der Waals surface area contributed by atoms with Gasteiger partial charge in [0.05, 0.1) is 6.67 Å². The highest BCUT2D eigenvalue weighted by Crippen LogP contribution is 2.35. The Hall–Kier alpha value is -1.46. The predicted octanol–water partition coefficient (Wildman–Crippen LogP) is 4.23. The summed E-state index contributed by atoms with van der Waals surface area (Å²) >= 11 is 5.67. The molecule has 2 atom stereocenters. The van der Waals surface area contributed by atoms with Crippen molar-refractivity contribution in [1.29, 1.82) is 0 Å². The highest BCUT2D eigenvalue weighted by molar-refractivity contribution is 7.71. The van der Waals surface area contributed by atoms with Crippen molar-refractivity contribution in [3.63, 3.8) is 0 Å². The summed E-state index contributed by atoms with van der Waals surface area (Å²) in [6.07, 6.45) is 8.26. The van der Waals surface area contributed by atoms with Gasteiger partial charge in [0, 0.05) is 25.2 Å². The molecule has 5 heteroatoms. The summed E-state index contributed by atoms with van der Waals surface area (Å²) in [7, 11) is 2.02. The minimum atomic E-state index is 0.733. The summed E-state index contributed by atoms with van der Waals surface area (Å²) < 4.78 is 4.87. The lowest BCUT2D eigenvalue weighted by Gasteiger charge is -2.43. The summed E-state index contributed by atoms with van der Waals surface area (Å²) in [5.41, 5.74) is 1.12. The number of fused-ring (bicyclic) bond motifs is 1. The molecule has 4 rings (SSSR count).